The summed E-state index contributed by atoms with van der Waals surface area (Å²) in [6.07, 6.45) is 2.81. The molecule has 1 aromatic carbocycles. The van der Waals surface area contributed by atoms with Gasteiger partial charge in [0.15, 0.2) is 0 Å². The van der Waals surface area contributed by atoms with Gasteiger partial charge in [-0.05, 0) is 55.7 Å². The molecular formula is C16H24N2O. The highest BCUT2D eigenvalue weighted by Gasteiger charge is 2.42. The van der Waals surface area contributed by atoms with Gasteiger partial charge in [-0.3, -0.25) is 4.79 Å². The molecule has 19 heavy (non-hydrogen) atoms. The van der Waals surface area contributed by atoms with Crippen LogP contribution in [0.5, 0.6) is 0 Å². The average Bonchev–Trinajstić information content (AvgIpc) is 2.27. The van der Waals surface area contributed by atoms with E-state index < -0.39 is 5.54 Å². The van der Waals surface area contributed by atoms with Gasteiger partial charge in [-0.1, -0.05) is 26.0 Å². The van der Waals surface area contributed by atoms with Crippen LogP contribution in [0.4, 0.5) is 5.69 Å². The number of aryl methyl sites for hydroxylation is 1. The number of carbonyl (C=O) groups is 1. The minimum Gasteiger partial charge on any atom is -0.371 e. The number of hydrogen-bond acceptors (Lipinski definition) is 2. The summed E-state index contributed by atoms with van der Waals surface area (Å²) in [5, 5.41) is 3.42. The Morgan fingerprint density at radius 1 is 1.32 bits per heavy atom. The van der Waals surface area contributed by atoms with Crippen molar-refractivity contribution in [3.8, 4) is 0 Å². The lowest BCUT2D eigenvalue weighted by Crippen LogP contribution is -2.54. The highest BCUT2D eigenvalue weighted by molar-refractivity contribution is 5.88. The summed E-state index contributed by atoms with van der Waals surface area (Å²) in [6.45, 7) is 6.45. The Bertz CT molecular complexity index is 460. The fourth-order valence-electron chi connectivity index (χ4n) is 3.49. The molecule has 0 spiro atoms. The highest BCUT2D eigenvalue weighted by Crippen LogP contribution is 2.38. The fourth-order valence-corrected chi connectivity index (χ4v) is 3.49. The maximum atomic E-state index is 12.0. The van der Waals surface area contributed by atoms with Gasteiger partial charge in [-0.25, -0.2) is 0 Å². The zero-order valence-electron chi connectivity index (χ0n) is 12.1. The second-order valence-electron chi connectivity index (χ2n) is 6.30. The normalized spacial score (nSPS) is 30.9. The van der Waals surface area contributed by atoms with Crippen molar-refractivity contribution in [1.82, 2.24) is 0 Å². The summed E-state index contributed by atoms with van der Waals surface area (Å²) in [5.74, 6) is 0.814. The van der Waals surface area contributed by atoms with E-state index in [1.807, 2.05) is 25.1 Å². The number of hydrogen-bond donors (Lipinski definition) is 2. The molecule has 2 rings (SSSR count). The van der Waals surface area contributed by atoms with Crippen LogP contribution in [0.15, 0.2) is 24.3 Å². The van der Waals surface area contributed by atoms with E-state index in [1.165, 1.54) is 12.0 Å². The lowest BCUT2D eigenvalue weighted by atomic mass is 9.71. The molecule has 0 aliphatic heterocycles. The molecule has 3 N–H and O–H groups in total. The second-order valence-corrected chi connectivity index (χ2v) is 6.30. The SMILES string of the molecule is Cc1cccc(NC2(C(N)=O)CC(C)CC(C)C2)c1. The molecule has 0 radical (unpaired) electrons. The first-order valence-electron chi connectivity index (χ1n) is 7.06. The van der Waals surface area contributed by atoms with Crippen LogP contribution in [-0.4, -0.2) is 11.4 Å². The van der Waals surface area contributed by atoms with Crippen molar-refractivity contribution in [2.75, 3.05) is 5.32 Å². The van der Waals surface area contributed by atoms with Gasteiger partial charge >= 0.3 is 0 Å². The third-order valence-corrected chi connectivity index (χ3v) is 4.07. The molecule has 1 saturated carbocycles. The van der Waals surface area contributed by atoms with Gasteiger partial charge in [0.05, 0.1) is 0 Å². The summed E-state index contributed by atoms with van der Waals surface area (Å²) >= 11 is 0. The molecule has 3 heteroatoms. The van der Waals surface area contributed by atoms with Crippen molar-refractivity contribution in [2.45, 2.75) is 45.6 Å². The second kappa shape index (κ2) is 5.24. The van der Waals surface area contributed by atoms with E-state index in [0.29, 0.717) is 11.8 Å². The molecule has 1 aliphatic rings. The minimum atomic E-state index is -0.592. The van der Waals surface area contributed by atoms with Crippen LogP contribution in [0, 0.1) is 18.8 Å². The monoisotopic (exact) mass is 260 g/mol. The van der Waals surface area contributed by atoms with E-state index >= 15 is 0 Å². The van der Waals surface area contributed by atoms with E-state index in [4.69, 9.17) is 5.73 Å². The van der Waals surface area contributed by atoms with E-state index in [-0.39, 0.29) is 5.91 Å². The third-order valence-electron chi connectivity index (χ3n) is 4.07. The lowest BCUT2D eigenvalue weighted by molar-refractivity contribution is -0.124. The number of primary amides is 1. The van der Waals surface area contributed by atoms with Crippen molar-refractivity contribution in [1.29, 1.82) is 0 Å². The first kappa shape index (κ1) is 13.9. The van der Waals surface area contributed by atoms with Crippen LogP contribution in [0.25, 0.3) is 0 Å². The molecule has 1 aliphatic carbocycles. The number of benzene rings is 1. The largest absolute Gasteiger partial charge is 0.371 e. The van der Waals surface area contributed by atoms with E-state index in [0.717, 1.165) is 18.5 Å². The maximum Gasteiger partial charge on any atom is 0.243 e. The van der Waals surface area contributed by atoms with Gasteiger partial charge in [0.2, 0.25) is 5.91 Å². The molecule has 2 unspecified atom stereocenters. The predicted octanol–water partition coefficient (Wildman–Crippen LogP) is 3.09. The van der Waals surface area contributed by atoms with Crippen LogP contribution in [0.2, 0.25) is 0 Å². The van der Waals surface area contributed by atoms with Gasteiger partial charge in [-0.15, -0.1) is 0 Å². The van der Waals surface area contributed by atoms with Crippen LogP contribution in [0.3, 0.4) is 0 Å². The molecule has 0 bridgehead atoms. The molecule has 2 atom stereocenters. The Balaban J connectivity index is 2.27. The number of nitrogens with two attached hydrogens (primary N) is 1. The van der Waals surface area contributed by atoms with Crippen molar-refractivity contribution in [3.05, 3.63) is 29.8 Å². The Morgan fingerprint density at radius 2 is 1.95 bits per heavy atom. The topological polar surface area (TPSA) is 55.1 Å². The molecule has 0 heterocycles. The smallest absolute Gasteiger partial charge is 0.243 e. The van der Waals surface area contributed by atoms with Gasteiger partial charge < -0.3 is 11.1 Å². The average molecular weight is 260 g/mol. The Morgan fingerprint density at radius 3 is 2.47 bits per heavy atom. The van der Waals surface area contributed by atoms with Crippen molar-refractivity contribution in [3.63, 3.8) is 0 Å². The quantitative estimate of drug-likeness (QED) is 0.877. The van der Waals surface area contributed by atoms with Crippen LogP contribution < -0.4 is 11.1 Å². The summed E-state index contributed by atoms with van der Waals surface area (Å²) in [6, 6.07) is 8.12. The number of nitrogens with one attached hydrogen (secondary N) is 1. The maximum absolute atomic E-state index is 12.0. The van der Waals surface area contributed by atoms with Crippen molar-refractivity contribution in [2.24, 2.45) is 17.6 Å². The molecule has 104 valence electrons. The molecule has 0 saturated heterocycles. The summed E-state index contributed by atoms with van der Waals surface area (Å²) in [4.78, 5) is 12.0. The number of anilines is 1. The van der Waals surface area contributed by atoms with Crippen LogP contribution in [0.1, 0.15) is 38.7 Å². The third kappa shape index (κ3) is 3.09. The molecule has 3 nitrogen and oxygen atoms in total. The van der Waals surface area contributed by atoms with E-state index in [2.05, 4.69) is 25.2 Å². The molecule has 1 fully saturated rings. The van der Waals surface area contributed by atoms with Gasteiger partial charge in [0, 0.05) is 5.69 Å². The van der Waals surface area contributed by atoms with Crippen LogP contribution >= 0.6 is 0 Å². The Kier molecular flexibility index (Phi) is 3.83. The summed E-state index contributed by atoms with van der Waals surface area (Å²) in [7, 11) is 0. The lowest BCUT2D eigenvalue weighted by Gasteiger charge is -2.41. The van der Waals surface area contributed by atoms with Crippen molar-refractivity contribution >= 4 is 11.6 Å². The van der Waals surface area contributed by atoms with E-state index in [1.54, 1.807) is 0 Å². The number of rotatable bonds is 3. The molecule has 1 amide bonds. The van der Waals surface area contributed by atoms with Gasteiger partial charge in [0.25, 0.3) is 0 Å². The summed E-state index contributed by atoms with van der Waals surface area (Å²) < 4.78 is 0. The zero-order chi connectivity index (χ0) is 14.0. The van der Waals surface area contributed by atoms with Gasteiger partial charge in [-0.2, -0.15) is 0 Å². The Labute approximate surface area is 115 Å². The molecular weight excluding hydrogens is 236 g/mol. The van der Waals surface area contributed by atoms with E-state index in [9.17, 15) is 4.79 Å². The predicted molar refractivity (Wildman–Crippen MR) is 78.9 cm³/mol. The van der Waals surface area contributed by atoms with Crippen LogP contribution in [-0.2, 0) is 4.79 Å². The zero-order valence-corrected chi connectivity index (χ0v) is 12.1. The first-order chi connectivity index (χ1) is 8.91. The Hall–Kier alpha value is -1.51. The molecule has 1 aromatic rings. The van der Waals surface area contributed by atoms with Crippen molar-refractivity contribution < 1.29 is 4.79 Å². The fraction of sp³-hybridized carbons (Fsp3) is 0.562. The minimum absolute atomic E-state index is 0.229. The molecule has 0 aromatic heterocycles. The highest BCUT2D eigenvalue weighted by atomic mass is 16.1. The summed E-state index contributed by atoms with van der Waals surface area (Å²) in [5.41, 5.74) is 7.29. The number of amides is 1. The number of carbonyl (C=O) groups excluding carboxylic acids is 1. The standard InChI is InChI=1S/C16H24N2O/c1-11-5-4-6-14(8-11)18-16(15(17)19)9-12(2)7-13(3)10-16/h4-6,8,12-13,18H,7,9-10H2,1-3H3,(H2,17,19). The van der Waals surface area contributed by atoms with Gasteiger partial charge in [0.1, 0.15) is 5.54 Å². The first-order valence-corrected chi connectivity index (χ1v) is 7.06.